The van der Waals surface area contributed by atoms with Gasteiger partial charge in [0.05, 0.1) is 13.0 Å². The molecule has 0 aromatic heterocycles. The zero-order valence-corrected chi connectivity index (χ0v) is 17.9. The van der Waals surface area contributed by atoms with Crippen LogP contribution in [-0.2, 0) is 20.7 Å². The Balaban J connectivity index is 2.72. The van der Waals surface area contributed by atoms with Crippen LogP contribution in [0, 0.1) is 0 Å². The van der Waals surface area contributed by atoms with Crippen molar-refractivity contribution >= 4 is 18.1 Å². The molecule has 9 heteroatoms. The summed E-state index contributed by atoms with van der Waals surface area (Å²) in [5, 5.41) is 0. The van der Waals surface area contributed by atoms with Crippen molar-refractivity contribution in [3.63, 3.8) is 0 Å². The summed E-state index contributed by atoms with van der Waals surface area (Å²) < 4.78 is 16.2. The van der Waals surface area contributed by atoms with Crippen molar-refractivity contribution < 1.29 is 28.6 Å². The highest BCUT2D eigenvalue weighted by molar-refractivity contribution is 5.88. The van der Waals surface area contributed by atoms with Crippen molar-refractivity contribution in [1.82, 2.24) is 10.3 Å². The normalized spacial score (nSPS) is 11.4. The van der Waals surface area contributed by atoms with Gasteiger partial charge in [0, 0.05) is 0 Å². The van der Waals surface area contributed by atoms with Crippen molar-refractivity contribution in [1.29, 1.82) is 0 Å². The number of benzene rings is 1. The largest absolute Gasteiger partial charge is 0.492 e. The van der Waals surface area contributed by atoms with Gasteiger partial charge in [0.25, 0.3) is 0 Å². The average Bonchev–Trinajstić information content (AvgIpc) is 2.56. The van der Waals surface area contributed by atoms with Crippen LogP contribution >= 0.6 is 0 Å². The van der Waals surface area contributed by atoms with E-state index in [0.29, 0.717) is 5.75 Å². The van der Waals surface area contributed by atoms with Crippen molar-refractivity contribution in [2.75, 3.05) is 13.2 Å². The number of amides is 3. The Labute approximate surface area is 171 Å². The third-order valence-electron chi connectivity index (χ3n) is 3.26. The molecule has 0 spiro atoms. The number of carbonyl (C=O) groups excluding carboxylic acids is 3. The topological polar surface area (TPSA) is 120 Å². The lowest BCUT2D eigenvalue weighted by Crippen LogP contribution is -2.45. The summed E-state index contributed by atoms with van der Waals surface area (Å²) in [6.07, 6.45) is -1.46. The fourth-order valence-corrected chi connectivity index (χ4v) is 2.09. The summed E-state index contributed by atoms with van der Waals surface area (Å²) in [6.45, 7) is 10.2. The van der Waals surface area contributed by atoms with E-state index in [1.165, 1.54) is 0 Å². The molecule has 0 aliphatic heterocycles. The molecule has 0 radical (unpaired) electrons. The predicted molar refractivity (Wildman–Crippen MR) is 107 cm³/mol. The Morgan fingerprint density at radius 2 is 1.41 bits per heavy atom. The van der Waals surface area contributed by atoms with Crippen LogP contribution in [0.25, 0.3) is 0 Å². The van der Waals surface area contributed by atoms with Crippen LogP contribution in [-0.4, -0.2) is 47.3 Å². The molecule has 0 aliphatic carbocycles. The first kappa shape index (κ1) is 24.2. The second-order valence-corrected chi connectivity index (χ2v) is 8.35. The molecule has 0 bridgehead atoms. The number of hydrazine groups is 1. The van der Waals surface area contributed by atoms with E-state index < -0.39 is 23.4 Å². The van der Waals surface area contributed by atoms with Gasteiger partial charge in [-0.1, -0.05) is 12.1 Å². The number of carbonyl (C=O) groups is 3. The molecule has 162 valence electrons. The Kier molecular flexibility index (Phi) is 8.44. The van der Waals surface area contributed by atoms with E-state index >= 15 is 0 Å². The first-order valence-electron chi connectivity index (χ1n) is 9.25. The number of rotatable bonds is 6. The molecule has 3 N–H and O–H groups in total. The van der Waals surface area contributed by atoms with E-state index in [-0.39, 0.29) is 25.5 Å². The van der Waals surface area contributed by atoms with Crippen LogP contribution in [0.1, 0.15) is 47.1 Å². The minimum atomic E-state index is -0.807. The number of imide groups is 1. The zero-order chi connectivity index (χ0) is 22.2. The van der Waals surface area contributed by atoms with Gasteiger partial charge >= 0.3 is 12.2 Å². The zero-order valence-electron chi connectivity index (χ0n) is 17.9. The molecule has 1 rings (SSSR count). The number of nitrogens with two attached hydrogens (primary N) is 1. The lowest BCUT2D eigenvalue weighted by Gasteiger charge is -2.28. The van der Waals surface area contributed by atoms with Crippen molar-refractivity contribution in [3.8, 4) is 5.75 Å². The second kappa shape index (κ2) is 10.1. The summed E-state index contributed by atoms with van der Waals surface area (Å²) in [4.78, 5) is 37.0. The van der Waals surface area contributed by atoms with E-state index in [2.05, 4.69) is 5.43 Å². The quantitative estimate of drug-likeness (QED) is 0.421. The van der Waals surface area contributed by atoms with Gasteiger partial charge in [-0.25, -0.2) is 20.3 Å². The number of hydrogen-bond acceptors (Lipinski definition) is 7. The average molecular weight is 409 g/mol. The van der Waals surface area contributed by atoms with E-state index in [0.717, 1.165) is 10.5 Å². The first-order valence-corrected chi connectivity index (χ1v) is 9.25. The molecule has 0 unspecified atom stereocenters. The maximum absolute atomic E-state index is 12.4. The summed E-state index contributed by atoms with van der Waals surface area (Å²) in [5.41, 5.74) is 1.31. The van der Waals surface area contributed by atoms with Crippen LogP contribution in [0.4, 0.5) is 9.59 Å². The molecule has 0 fully saturated rings. The van der Waals surface area contributed by atoms with Gasteiger partial charge in [-0.2, -0.15) is 0 Å². The number of nitrogens with one attached hydrogen (secondary N) is 1. The molecule has 0 saturated heterocycles. The second-order valence-electron chi connectivity index (χ2n) is 8.35. The van der Waals surface area contributed by atoms with Crippen LogP contribution in [0.2, 0.25) is 0 Å². The SMILES string of the molecule is CC(C)(C)OC(=O)N(CCOc1ccc(CC(=O)NN)cc1)C(=O)OC(C)(C)C. The van der Waals surface area contributed by atoms with Crippen LogP contribution in [0.3, 0.4) is 0 Å². The van der Waals surface area contributed by atoms with Gasteiger partial charge in [0.1, 0.15) is 23.6 Å². The van der Waals surface area contributed by atoms with E-state index in [1.54, 1.807) is 65.8 Å². The Morgan fingerprint density at radius 3 is 1.83 bits per heavy atom. The summed E-state index contributed by atoms with van der Waals surface area (Å²) in [7, 11) is 0. The third-order valence-corrected chi connectivity index (χ3v) is 3.26. The van der Waals surface area contributed by atoms with Gasteiger partial charge < -0.3 is 14.2 Å². The molecule has 29 heavy (non-hydrogen) atoms. The van der Waals surface area contributed by atoms with Gasteiger partial charge in [-0.15, -0.1) is 0 Å². The molecule has 0 atom stereocenters. The summed E-state index contributed by atoms with van der Waals surface area (Å²) >= 11 is 0. The number of hydrogen-bond donors (Lipinski definition) is 2. The highest BCUT2D eigenvalue weighted by atomic mass is 16.6. The standard InChI is InChI=1S/C20H31N3O6/c1-19(2,3)28-17(25)23(18(26)29-20(4,5)6)11-12-27-15-9-7-14(8-10-15)13-16(24)22-21/h7-10H,11-13,21H2,1-6H3,(H,22,24). The smallest absolute Gasteiger partial charge is 0.419 e. The van der Waals surface area contributed by atoms with Crippen LogP contribution in [0.15, 0.2) is 24.3 Å². The van der Waals surface area contributed by atoms with Crippen molar-refractivity contribution in [2.45, 2.75) is 59.2 Å². The van der Waals surface area contributed by atoms with E-state index in [4.69, 9.17) is 20.1 Å². The molecule has 0 saturated carbocycles. The third kappa shape index (κ3) is 9.79. The summed E-state index contributed by atoms with van der Waals surface area (Å²) in [5.74, 6) is 5.29. The molecule has 3 amide bonds. The van der Waals surface area contributed by atoms with Gasteiger partial charge in [0.2, 0.25) is 5.91 Å². The van der Waals surface area contributed by atoms with E-state index in [1.807, 2.05) is 0 Å². The first-order chi connectivity index (χ1) is 13.3. The Hall–Kier alpha value is -2.81. The molecule has 0 heterocycles. The monoisotopic (exact) mass is 409 g/mol. The summed E-state index contributed by atoms with van der Waals surface area (Å²) in [6, 6.07) is 6.82. The minimum Gasteiger partial charge on any atom is -0.492 e. The lowest BCUT2D eigenvalue weighted by atomic mass is 10.1. The molecule has 9 nitrogen and oxygen atoms in total. The van der Waals surface area contributed by atoms with Crippen molar-refractivity contribution in [3.05, 3.63) is 29.8 Å². The predicted octanol–water partition coefficient (Wildman–Crippen LogP) is 2.77. The highest BCUT2D eigenvalue weighted by Gasteiger charge is 2.31. The maximum Gasteiger partial charge on any atom is 0.419 e. The lowest BCUT2D eigenvalue weighted by molar-refractivity contribution is -0.120. The van der Waals surface area contributed by atoms with Gasteiger partial charge in [0.15, 0.2) is 0 Å². The number of nitrogens with zero attached hydrogens (tertiary/aromatic N) is 1. The van der Waals surface area contributed by atoms with Gasteiger partial charge in [-0.3, -0.25) is 10.2 Å². The molecule has 1 aromatic rings. The molecule has 1 aromatic carbocycles. The van der Waals surface area contributed by atoms with Gasteiger partial charge in [-0.05, 0) is 59.2 Å². The van der Waals surface area contributed by atoms with E-state index in [9.17, 15) is 14.4 Å². The van der Waals surface area contributed by atoms with Crippen LogP contribution in [0.5, 0.6) is 5.75 Å². The number of ether oxygens (including phenoxy) is 3. The Morgan fingerprint density at radius 1 is 0.931 bits per heavy atom. The van der Waals surface area contributed by atoms with Crippen molar-refractivity contribution in [2.24, 2.45) is 5.84 Å². The maximum atomic E-state index is 12.4. The Bertz CT molecular complexity index is 676. The molecular formula is C20H31N3O6. The fraction of sp³-hybridized carbons (Fsp3) is 0.550. The highest BCUT2D eigenvalue weighted by Crippen LogP contribution is 2.16. The molecule has 0 aliphatic rings. The molecular weight excluding hydrogens is 378 g/mol. The minimum absolute atomic E-state index is 0.0428. The fourth-order valence-electron chi connectivity index (χ4n) is 2.09. The van der Waals surface area contributed by atoms with Crippen LogP contribution < -0.4 is 16.0 Å².